The van der Waals surface area contributed by atoms with E-state index in [0.717, 1.165) is 5.56 Å². The van der Waals surface area contributed by atoms with E-state index >= 15 is 0 Å². The first kappa shape index (κ1) is 23.6. The molecule has 4 aromatic rings. The van der Waals surface area contributed by atoms with Crippen molar-refractivity contribution in [2.45, 2.75) is 18.9 Å². The van der Waals surface area contributed by atoms with Gasteiger partial charge < -0.3 is 9.64 Å². The Bertz CT molecular complexity index is 1390. The van der Waals surface area contributed by atoms with Crippen LogP contribution in [-0.4, -0.2) is 28.1 Å². The maximum atomic E-state index is 13.5. The van der Waals surface area contributed by atoms with E-state index in [4.69, 9.17) is 0 Å². The van der Waals surface area contributed by atoms with Gasteiger partial charge in [-0.05, 0) is 40.5 Å². The summed E-state index contributed by atoms with van der Waals surface area (Å²) in [4.78, 5) is 32.4. The third-order valence-corrected chi connectivity index (χ3v) is 6.39. The number of halogens is 3. The number of aromatic nitrogens is 1. The lowest BCUT2D eigenvalue weighted by atomic mass is 10.0. The zero-order valence-corrected chi connectivity index (χ0v) is 19.3. The van der Waals surface area contributed by atoms with Crippen LogP contribution in [0.1, 0.15) is 27.5 Å². The van der Waals surface area contributed by atoms with Crippen LogP contribution in [-0.2, 0) is 11.3 Å². The maximum absolute atomic E-state index is 13.5. The summed E-state index contributed by atoms with van der Waals surface area (Å²) < 4.78 is 41.3. The van der Waals surface area contributed by atoms with Crippen LogP contribution < -0.4 is 10.1 Å². The van der Waals surface area contributed by atoms with Gasteiger partial charge in [0.1, 0.15) is 11.8 Å². The predicted molar refractivity (Wildman–Crippen MR) is 128 cm³/mol. The van der Waals surface area contributed by atoms with Gasteiger partial charge in [0.25, 0.3) is 11.8 Å². The second kappa shape index (κ2) is 9.46. The lowest BCUT2D eigenvalue weighted by molar-refractivity contribution is -0.274. The van der Waals surface area contributed by atoms with E-state index < -0.39 is 12.4 Å². The van der Waals surface area contributed by atoms with Crippen LogP contribution in [0.15, 0.2) is 84.4 Å². The fourth-order valence-electron chi connectivity index (χ4n) is 4.13. The van der Waals surface area contributed by atoms with Crippen LogP contribution in [0.2, 0.25) is 0 Å². The molecule has 6 nitrogen and oxygen atoms in total. The van der Waals surface area contributed by atoms with Gasteiger partial charge in [0, 0.05) is 23.7 Å². The van der Waals surface area contributed by atoms with Crippen LogP contribution in [0, 0.1) is 0 Å². The highest BCUT2D eigenvalue weighted by atomic mass is 32.1. The summed E-state index contributed by atoms with van der Waals surface area (Å²) in [6.45, 7) is 0.234. The van der Waals surface area contributed by atoms with E-state index in [1.807, 2.05) is 6.07 Å². The fourth-order valence-corrected chi connectivity index (χ4v) is 4.66. The van der Waals surface area contributed by atoms with E-state index in [1.165, 1.54) is 40.5 Å². The molecule has 36 heavy (non-hydrogen) atoms. The normalized spacial score (nSPS) is 13.9. The molecule has 1 aliphatic heterocycles. The van der Waals surface area contributed by atoms with Crippen molar-refractivity contribution < 1.29 is 27.5 Å². The largest absolute Gasteiger partial charge is 0.573 e. The highest BCUT2D eigenvalue weighted by Crippen LogP contribution is 2.35. The first-order valence-corrected chi connectivity index (χ1v) is 11.7. The second-order valence-electron chi connectivity index (χ2n) is 8.02. The molecule has 10 heteroatoms. The van der Waals surface area contributed by atoms with Crippen molar-refractivity contribution in [1.29, 1.82) is 0 Å². The average Bonchev–Trinajstić information content (AvgIpc) is 3.47. The number of alkyl halides is 3. The number of carbonyl (C=O) groups is 2. The Balaban J connectivity index is 1.42. The van der Waals surface area contributed by atoms with Gasteiger partial charge in [-0.3, -0.25) is 14.9 Å². The zero-order chi connectivity index (χ0) is 25.3. The minimum atomic E-state index is -4.77. The molecule has 0 radical (unpaired) electrons. The standard InChI is InChI=1S/C26H18F3N3O3S/c27-26(28,29)35-20-10-8-16(9-11-20)18-6-7-19-15-32(24(34)21(19)14-18)22(17-4-2-1-3-5-17)23(33)31-25-30-12-13-36-25/h1-14,22H,15H2,(H,30,31,33)/t22-/m1/s1. The number of anilines is 1. The molecule has 1 aromatic heterocycles. The topological polar surface area (TPSA) is 71.5 Å². The lowest BCUT2D eigenvalue weighted by Gasteiger charge is -2.27. The smallest absolute Gasteiger partial charge is 0.406 e. The summed E-state index contributed by atoms with van der Waals surface area (Å²) in [5.74, 6) is -1.02. The highest BCUT2D eigenvalue weighted by Gasteiger charge is 2.38. The molecule has 2 heterocycles. The molecule has 1 N–H and O–H groups in total. The number of hydrogen-bond acceptors (Lipinski definition) is 5. The van der Waals surface area contributed by atoms with Gasteiger partial charge in [-0.25, -0.2) is 4.98 Å². The highest BCUT2D eigenvalue weighted by molar-refractivity contribution is 7.13. The quantitative estimate of drug-likeness (QED) is 0.344. The Kier molecular flexibility index (Phi) is 6.19. The maximum Gasteiger partial charge on any atom is 0.573 e. The average molecular weight is 510 g/mol. The van der Waals surface area contributed by atoms with Crippen molar-refractivity contribution in [1.82, 2.24) is 9.88 Å². The lowest BCUT2D eigenvalue weighted by Crippen LogP contribution is -2.37. The SMILES string of the molecule is O=C(Nc1nccs1)[C@@H](c1ccccc1)N1Cc2ccc(-c3ccc(OC(F)(F)F)cc3)cc2C1=O. The molecule has 0 fully saturated rings. The summed E-state index contributed by atoms with van der Waals surface area (Å²) in [6, 6.07) is 18.8. The summed E-state index contributed by atoms with van der Waals surface area (Å²) in [5, 5.41) is 4.96. The minimum Gasteiger partial charge on any atom is -0.406 e. The van der Waals surface area contributed by atoms with Crippen molar-refractivity contribution >= 4 is 28.3 Å². The monoisotopic (exact) mass is 509 g/mol. The molecule has 0 bridgehead atoms. The molecule has 182 valence electrons. The second-order valence-corrected chi connectivity index (χ2v) is 8.91. The molecule has 2 amide bonds. The molecular formula is C26H18F3N3O3S. The van der Waals surface area contributed by atoms with E-state index in [2.05, 4.69) is 15.0 Å². The Morgan fingerprint density at radius 3 is 2.42 bits per heavy atom. The number of nitrogens with one attached hydrogen (secondary N) is 1. The van der Waals surface area contributed by atoms with Gasteiger partial charge in [-0.1, -0.05) is 54.6 Å². The molecule has 0 spiro atoms. The number of benzene rings is 3. The number of nitrogens with zero attached hydrogens (tertiary/aromatic N) is 2. The zero-order valence-electron chi connectivity index (χ0n) is 18.5. The molecule has 0 saturated heterocycles. The van der Waals surface area contributed by atoms with Gasteiger partial charge in [0.2, 0.25) is 0 Å². The van der Waals surface area contributed by atoms with Gasteiger partial charge >= 0.3 is 6.36 Å². The van der Waals surface area contributed by atoms with Crippen molar-refractivity contribution in [3.63, 3.8) is 0 Å². The van der Waals surface area contributed by atoms with Gasteiger partial charge in [-0.2, -0.15) is 0 Å². The van der Waals surface area contributed by atoms with Crippen molar-refractivity contribution in [2.24, 2.45) is 0 Å². The van der Waals surface area contributed by atoms with Gasteiger partial charge in [0.15, 0.2) is 5.13 Å². The molecule has 3 aromatic carbocycles. The van der Waals surface area contributed by atoms with Crippen molar-refractivity contribution in [3.05, 3.63) is 101 Å². The number of ether oxygens (including phenoxy) is 1. The number of fused-ring (bicyclic) bond motifs is 1. The number of hydrogen-bond donors (Lipinski definition) is 1. The Hall–Kier alpha value is -4.18. The summed E-state index contributed by atoms with van der Waals surface area (Å²) in [5.41, 5.74) is 3.13. The molecule has 5 rings (SSSR count). The van der Waals surface area contributed by atoms with Crippen LogP contribution >= 0.6 is 11.3 Å². The van der Waals surface area contributed by atoms with Crippen molar-refractivity contribution in [2.75, 3.05) is 5.32 Å². The molecule has 0 unspecified atom stereocenters. The van der Waals surface area contributed by atoms with E-state index in [1.54, 1.807) is 54.0 Å². The third-order valence-electron chi connectivity index (χ3n) is 5.70. The van der Waals surface area contributed by atoms with Crippen LogP contribution in [0.4, 0.5) is 18.3 Å². The third kappa shape index (κ3) is 4.94. The van der Waals surface area contributed by atoms with E-state index in [9.17, 15) is 22.8 Å². The number of amides is 2. The molecule has 0 aliphatic carbocycles. The van der Waals surface area contributed by atoms with E-state index in [-0.39, 0.29) is 24.1 Å². The van der Waals surface area contributed by atoms with Crippen molar-refractivity contribution in [3.8, 4) is 16.9 Å². The first-order valence-electron chi connectivity index (χ1n) is 10.8. The minimum absolute atomic E-state index is 0.234. The molecular weight excluding hydrogens is 491 g/mol. The van der Waals surface area contributed by atoms with Crippen LogP contribution in [0.5, 0.6) is 5.75 Å². The number of rotatable bonds is 6. The first-order chi connectivity index (χ1) is 17.3. The summed E-state index contributed by atoms with van der Waals surface area (Å²) in [7, 11) is 0. The summed E-state index contributed by atoms with van der Waals surface area (Å²) >= 11 is 1.28. The number of thiazole rings is 1. The molecule has 0 saturated carbocycles. The summed E-state index contributed by atoms with van der Waals surface area (Å²) in [6.07, 6.45) is -3.19. The predicted octanol–water partition coefficient (Wildman–Crippen LogP) is 6.04. The molecule has 1 atom stereocenters. The molecule has 1 aliphatic rings. The van der Waals surface area contributed by atoms with Gasteiger partial charge in [0.05, 0.1) is 0 Å². The number of carbonyl (C=O) groups excluding carboxylic acids is 2. The van der Waals surface area contributed by atoms with Crippen LogP contribution in [0.3, 0.4) is 0 Å². The Labute approximate surface area is 208 Å². The fraction of sp³-hybridized carbons (Fsp3) is 0.115. The van der Waals surface area contributed by atoms with E-state index in [0.29, 0.717) is 27.4 Å². The van der Waals surface area contributed by atoms with Crippen LogP contribution in [0.25, 0.3) is 11.1 Å². The Morgan fingerprint density at radius 2 is 1.75 bits per heavy atom. The van der Waals surface area contributed by atoms with Gasteiger partial charge in [-0.15, -0.1) is 24.5 Å². The Morgan fingerprint density at radius 1 is 1.03 bits per heavy atom.